The van der Waals surface area contributed by atoms with Crippen molar-refractivity contribution in [2.45, 2.75) is 50.5 Å². The number of alkyl halides is 1. The van der Waals surface area contributed by atoms with Crippen molar-refractivity contribution in [3.8, 4) is 0 Å². The molecule has 1 fully saturated rings. The molecule has 3 nitrogen and oxygen atoms in total. The number of unbranched alkanes of at least 4 members (excludes halogenated alkanes) is 1. The van der Waals surface area contributed by atoms with Gasteiger partial charge in [-0.05, 0) is 52.1 Å². The van der Waals surface area contributed by atoms with Gasteiger partial charge >= 0.3 is 0 Å². The summed E-state index contributed by atoms with van der Waals surface area (Å²) in [6.45, 7) is 5.68. The maximum atomic E-state index is 5.77. The number of nitrogens with zero attached hydrogens (tertiary/aromatic N) is 2. The van der Waals surface area contributed by atoms with Crippen molar-refractivity contribution in [2.24, 2.45) is 0 Å². The van der Waals surface area contributed by atoms with Crippen molar-refractivity contribution < 1.29 is 4.74 Å². The van der Waals surface area contributed by atoms with E-state index < -0.39 is 0 Å². The van der Waals surface area contributed by atoms with Gasteiger partial charge in [-0.3, -0.25) is 0 Å². The maximum Gasteiger partial charge on any atom is 0.0928 e. The van der Waals surface area contributed by atoms with Crippen LogP contribution in [-0.2, 0) is 17.0 Å². The number of thiazole rings is 1. The lowest BCUT2D eigenvalue weighted by Gasteiger charge is -2.39. The molecule has 1 atom stereocenters. The number of halogens is 1. The average Bonchev–Trinajstić information content (AvgIpc) is 2.92. The number of hydrogen-bond acceptors (Lipinski definition) is 4. The van der Waals surface area contributed by atoms with Gasteiger partial charge in [0.25, 0.3) is 0 Å². The van der Waals surface area contributed by atoms with Gasteiger partial charge in [0.05, 0.1) is 22.2 Å². The normalized spacial score (nSPS) is 24.1. The Morgan fingerprint density at radius 2 is 2.35 bits per heavy atom. The van der Waals surface area contributed by atoms with Gasteiger partial charge in [0.15, 0.2) is 0 Å². The zero-order valence-corrected chi connectivity index (χ0v) is 14.1. The number of aromatic nitrogens is 1. The molecule has 1 unspecified atom stereocenters. The number of rotatable bonds is 7. The monoisotopic (exact) mass is 316 g/mol. The van der Waals surface area contributed by atoms with Gasteiger partial charge in [-0.1, -0.05) is 0 Å². The minimum absolute atomic E-state index is 0.0583. The second-order valence-corrected chi connectivity index (χ2v) is 7.07. The molecule has 20 heavy (non-hydrogen) atoms. The molecule has 1 aromatic rings. The third-order valence-electron chi connectivity index (χ3n) is 4.08. The Morgan fingerprint density at radius 3 is 3.05 bits per heavy atom. The zero-order valence-electron chi connectivity index (χ0n) is 12.5. The van der Waals surface area contributed by atoms with Crippen molar-refractivity contribution >= 4 is 22.9 Å². The van der Waals surface area contributed by atoms with E-state index in [-0.39, 0.29) is 5.60 Å². The predicted octanol–water partition coefficient (Wildman–Crippen LogP) is 3.71. The van der Waals surface area contributed by atoms with Gasteiger partial charge in [0, 0.05) is 19.0 Å². The van der Waals surface area contributed by atoms with Crippen LogP contribution in [0.2, 0.25) is 0 Å². The molecule has 0 saturated carbocycles. The number of likely N-dealkylation sites (tertiary alicyclic amines) is 1. The van der Waals surface area contributed by atoms with Crippen LogP contribution >= 0.6 is 22.9 Å². The van der Waals surface area contributed by atoms with E-state index in [0.29, 0.717) is 5.88 Å². The second-order valence-electron chi connectivity index (χ2n) is 5.86. The molecule has 2 heterocycles. The van der Waals surface area contributed by atoms with E-state index in [2.05, 4.69) is 22.2 Å². The number of hydrogen-bond donors (Lipinski definition) is 0. The molecule has 2 rings (SSSR count). The predicted molar refractivity (Wildman–Crippen MR) is 85.7 cm³/mol. The molecular formula is C15H25ClN2OS. The van der Waals surface area contributed by atoms with E-state index in [1.54, 1.807) is 11.3 Å². The molecule has 0 aliphatic carbocycles. The number of piperidine rings is 1. The van der Waals surface area contributed by atoms with Crippen LogP contribution in [0.25, 0.3) is 0 Å². The first-order valence-electron chi connectivity index (χ1n) is 7.42. The van der Waals surface area contributed by atoms with E-state index in [4.69, 9.17) is 16.3 Å². The van der Waals surface area contributed by atoms with E-state index in [0.717, 1.165) is 18.7 Å². The molecule has 0 aromatic carbocycles. The summed E-state index contributed by atoms with van der Waals surface area (Å²) in [7, 11) is 1.83. The van der Waals surface area contributed by atoms with Crippen LogP contribution in [0.1, 0.15) is 43.3 Å². The third kappa shape index (κ3) is 4.69. The van der Waals surface area contributed by atoms with Gasteiger partial charge in [-0.2, -0.15) is 0 Å². The SMILES string of the molecule is COC1(C)CCCN(CCCCc2nc(CCl)cs2)C1. The fraction of sp³-hybridized carbons (Fsp3) is 0.800. The zero-order chi connectivity index (χ0) is 14.4. The molecule has 114 valence electrons. The number of methoxy groups -OCH3 is 1. The van der Waals surface area contributed by atoms with Crippen LogP contribution in [0.3, 0.4) is 0 Å². The van der Waals surface area contributed by atoms with Gasteiger partial charge < -0.3 is 9.64 Å². The first-order valence-corrected chi connectivity index (χ1v) is 8.83. The minimum atomic E-state index is 0.0583. The van der Waals surface area contributed by atoms with E-state index in [9.17, 15) is 0 Å². The maximum absolute atomic E-state index is 5.77. The topological polar surface area (TPSA) is 25.4 Å². The fourth-order valence-corrected chi connectivity index (χ4v) is 3.87. The smallest absolute Gasteiger partial charge is 0.0928 e. The highest BCUT2D eigenvalue weighted by Gasteiger charge is 2.30. The molecule has 0 bridgehead atoms. The highest BCUT2D eigenvalue weighted by Crippen LogP contribution is 2.24. The quantitative estimate of drug-likeness (QED) is 0.566. The van der Waals surface area contributed by atoms with Gasteiger partial charge in [-0.15, -0.1) is 22.9 Å². The van der Waals surface area contributed by atoms with Crippen molar-refractivity contribution in [1.82, 2.24) is 9.88 Å². The molecule has 5 heteroatoms. The molecule has 0 N–H and O–H groups in total. The Labute approximate surface area is 131 Å². The van der Waals surface area contributed by atoms with Gasteiger partial charge in [0.2, 0.25) is 0 Å². The van der Waals surface area contributed by atoms with Crippen LogP contribution in [0, 0.1) is 0 Å². The largest absolute Gasteiger partial charge is 0.377 e. The molecule has 0 spiro atoms. The summed E-state index contributed by atoms with van der Waals surface area (Å²) in [6.07, 6.45) is 5.94. The van der Waals surface area contributed by atoms with Crippen molar-refractivity contribution in [3.05, 3.63) is 16.1 Å². The Hall–Kier alpha value is -0.160. The summed E-state index contributed by atoms with van der Waals surface area (Å²) in [5.41, 5.74) is 1.07. The van der Waals surface area contributed by atoms with E-state index in [1.807, 2.05) is 7.11 Å². The van der Waals surface area contributed by atoms with Crippen LogP contribution in [-0.4, -0.2) is 42.2 Å². The summed E-state index contributed by atoms with van der Waals surface area (Å²) in [5.74, 6) is 0.528. The van der Waals surface area contributed by atoms with Crippen LogP contribution in [0.15, 0.2) is 5.38 Å². The molecule has 0 amide bonds. The average molecular weight is 317 g/mol. The molecule has 1 saturated heterocycles. The molecule has 0 radical (unpaired) electrons. The summed E-state index contributed by atoms with van der Waals surface area (Å²) >= 11 is 7.50. The van der Waals surface area contributed by atoms with Gasteiger partial charge in [0.1, 0.15) is 0 Å². The van der Waals surface area contributed by atoms with Crippen LogP contribution < -0.4 is 0 Å². The van der Waals surface area contributed by atoms with E-state index >= 15 is 0 Å². The van der Waals surface area contributed by atoms with Crippen LogP contribution in [0.4, 0.5) is 0 Å². The first-order chi connectivity index (χ1) is 9.65. The molecular weight excluding hydrogens is 292 g/mol. The first kappa shape index (κ1) is 16.2. The highest BCUT2D eigenvalue weighted by atomic mass is 35.5. The Morgan fingerprint density at radius 1 is 1.50 bits per heavy atom. The van der Waals surface area contributed by atoms with Crippen LogP contribution in [0.5, 0.6) is 0 Å². The molecule has 1 aliphatic heterocycles. The third-order valence-corrected chi connectivity index (χ3v) is 5.31. The summed E-state index contributed by atoms with van der Waals surface area (Å²) in [6, 6.07) is 0. The number of ether oxygens (including phenoxy) is 1. The van der Waals surface area contributed by atoms with Crippen molar-refractivity contribution in [1.29, 1.82) is 0 Å². The summed E-state index contributed by atoms with van der Waals surface area (Å²) in [5, 5.41) is 3.29. The van der Waals surface area contributed by atoms with Crippen molar-refractivity contribution in [3.63, 3.8) is 0 Å². The lowest BCUT2D eigenvalue weighted by Crippen LogP contribution is -2.47. The summed E-state index contributed by atoms with van der Waals surface area (Å²) in [4.78, 5) is 7.04. The number of aryl methyl sites for hydroxylation is 1. The highest BCUT2D eigenvalue weighted by molar-refractivity contribution is 7.09. The van der Waals surface area contributed by atoms with Crippen molar-refractivity contribution in [2.75, 3.05) is 26.7 Å². The molecule has 1 aliphatic rings. The fourth-order valence-electron chi connectivity index (χ4n) is 2.80. The lowest BCUT2D eigenvalue weighted by atomic mass is 9.94. The second kappa shape index (κ2) is 7.74. The Bertz CT molecular complexity index is 412. The minimum Gasteiger partial charge on any atom is -0.377 e. The molecule has 1 aromatic heterocycles. The van der Waals surface area contributed by atoms with Gasteiger partial charge in [-0.25, -0.2) is 4.98 Å². The van der Waals surface area contributed by atoms with E-state index in [1.165, 1.54) is 43.8 Å². The lowest BCUT2D eigenvalue weighted by molar-refractivity contribution is -0.0508. The Balaban J connectivity index is 1.65. The Kier molecular flexibility index (Phi) is 6.27. The standard InChI is InChI=1S/C15H25ClN2OS/c1-15(19-2)7-5-9-18(12-15)8-4-3-6-14-17-13(10-16)11-20-14/h11H,3-10,12H2,1-2H3. The summed E-state index contributed by atoms with van der Waals surface area (Å²) < 4.78 is 5.64.